The van der Waals surface area contributed by atoms with Gasteiger partial charge in [0.1, 0.15) is 11.4 Å². The zero-order valence-corrected chi connectivity index (χ0v) is 15.5. The monoisotopic (exact) mass is 362 g/mol. The highest BCUT2D eigenvalue weighted by Gasteiger charge is 2.32. The first kappa shape index (κ1) is 17.3. The van der Waals surface area contributed by atoms with Gasteiger partial charge in [-0.3, -0.25) is 4.79 Å². The molecule has 1 fully saturated rings. The van der Waals surface area contributed by atoms with Crippen molar-refractivity contribution < 1.29 is 14.1 Å². The number of amides is 1. The van der Waals surface area contributed by atoms with Crippen LogP contribution in [0.25, 0.3) is 11.3 Å². The molecule has 2 heterocycles. The van der Waals surface area contributed by atoms with Crippen molar-refractivity contribution >= 4 is 5.91 Å². The molecule has 138 valence electrons. The van der Waals surface area contributed by atoms with Gasteiger partial charge in [-0.1, -0.05) is 35.0 Å². The molecule has 1 saturated heterocycles. The number of ether oxygens (including phenoxy) is 1. The predicted molar refractivity (Wildman–Crippen MR) is 103 cm³/mol. The van der Waals surface area contributed by atoms with Crippen molar-refractivity contribution in [3.05, 3.63) is 71.5 Å². The fourth-order valence-electron chi connectivity index (χ4n) is 3.65. The second kappa shape index (κ2) is 7.27. The molecule has 0 spiro atoms. The molecule has 0 bridgehead atoms. The third kappa shape index (κ3) is 3.45. The molecule has 0 N–H and O–H groups in total. The summed E-state index contributed by atoms with van der Waals surface area (Å²) in [5.41, 5.74) is 3.91. The van der Waals surface area contributed by atoms with Crippen LogP contribution in [-0.4, -0.2) is 29.6 Å². The summed E-state index contributed by atoms with van der Waals surface area (Å²) in [6, 6.07) is 17.7. The highest BCUT2D eigenvalue weighted by Crippen LogP contribution is 2.34. The molecule has 0 radical (unpaired) electrons. The van der Waals surface area contributed by atoms with Gasteiger partial charge < -0.3 is 14.2 Å². The number of carbonyl (C=O) groups excluding carboxylic acids is 1. The summed E-state index contributed by atoms with van der Waals surface area (Å²) in [6.07, 6.45) is 1.96. The Balaban J connectivity index is 1.56. The number of nitrogens with zero attached hydrogens (tertiary/aromatic N) is 2. The lowest BCUT2D eigenvalue weighted by Crippen LogP contribution is -2.30. The average Bonchev–Trinajstić information content (AvgIpc) is 3.37. The van der Waals surface area contributed by atoms with E-state index in [2.05, 4.69) is 30.3 Å². The number of rotatable bonds is 4. The minimum Gasteiger partial charge on any atom is -0.497 e. The Bertz CT molecular complexity index is 946. The van der Waals surface area contributed by atoms with E-state index in [1.165, 1.54) is 11.1 Å². The van der Waals surface area contributed by atoms with Gasteiger partial charge >= 0.3 is 0 Å². The quantitative estimate of drug-likeness (QED) is 0.679. The van der Waals surface area contributed by atoms with Crippen molar-refractivity contribution in [2.24, 2.45) is 0 Å². The number of aromatic nitrogens is 1. The molecule has 1 aromatic heterocycles. The lowest BCUT2D eigenvalue weighted by atomic mass is 10.0. The van der Waals surface area contributed by atoms with Crippen LogP contribution in [0.15, 0.2) is 59.1 Å². The van der Waals surface area contributed by atoms with Gasteiger partial charge in [-0.05, 0) is 49.6 Å². The summed E-state index contributed by atoms with van der Waals surface area (Å²) in [5, 5.41) is 4.08. The number of hydrogen-bond donors (Lipinski definition) is 0. The Hall–Kier alpha value is -3.08. The summed E-state index contributed by atoms with van der Waals surface area (Å²) < 4.78 is 10.6. The Labute approximate surface area is 158 Å². The summed E-state index contributed by atoms with van der Waals surface area (Å²) in [5.74, 6) is 0.947. The lowest BCUT2D eigenvalue weighted by Gasteiger charge is -2.24. The maximum atomic E-state index is 13.0. The molecule has 1 aliphatic heterocycles. The summed E-state index contributed by atoms with van der Waals surface area (Å²) in [4.78, 5) is 14.9. The van der Waals surface area contributed by atoms with Crippen molar-refractivity contribution in [3.63, 3.8) is 0 Å². The number of carbonyl (C=O) groups is 1. The molecule has 5 nitrogen and oxygen atoms in total. The molecule has 1 amide bonds. The molecule has 1 unspecified atom stereocenters. The largest absolute Gasteiger partial charge is 0.497 e. The SMILES string of the molecule is COc1ccc(-c2cc(C(=O)N3CCCC3c3cccc(C)c3)on2)cc1. The molecule has 1 aliphatic rings. The molecule has 4 rings (SSSR count). The van der Waals surface area contributed by atoms with Crippen molar-refractivity contribution in [2.45, 2.75) is 25.8 Å². The first-order chi connectivity index (χ1) is 13.2. The van der Waals surface area contributed by atoms with Gasteiger partial charge in [-0.25, -0.2) is 0 Å². The van der Waals surface area contributed by atoms with Crippen molar-refractivity contribution in [2.75, 3.05) is 13.7 Å². The van der Waals surface area contributed by atoms with Gasteiger partial charge in [0, 0.05) is 18.2 Å². The highest BCUT2D eigenvalue weighted by molar-refractivity contribution is 5.93. The normalized spacial score (nSPS) is 16.5. The summed E-state index contributed by atoms with van der Waals surface area (Å²) in [7, 11) is 1.63. The lowest BCUT2D eigenvalue weighted by molar-refractivity contribution is 0.0693. The number of aryl methyl sites for hydroxylation is 1. The van der Waals surface area contributed by atoms with E-state index in [0.29, 0.717) is 5.69 Å². The van der Waals surface area contributed by atoms with Crippen LogP contribution in [0.4, 0.5) is 0 Å². The fraction of sp³-hybridized carbons (Fsp3) is 0.273. The summed E-state index contributed by atoms with van der Waals surface area (Å²) >= 11 is 0. The Morgan fingerprint density at radius 1 is 1.19 bits per heavy atom. The molecule has 0 saturated carbocycles. The van der Waals surface area contributed by atoms with Crippen LogP contribution in [0.5, 0.6) is 5.75 Å². The molecular weight excluding hydrogens is 340 g/mol. The third-order valence-electron chi connectivity index (χ3n) is 5.05. The first-order valence-corrected chi connectivity index (χ1v) is 9.14. The van der Waals surface area contributed by atoms with Crippen LogP contribution in [-0.2, 0) is 0 Å². The standard InChI is InChI=1S/C22H22N2O3/c1-15-5-3-6-17(13-15)20-7-4-12-24(20)22(25)21-14-19(23-27-21)16-8-10-18(26-2)11-9-16/h3,5-6,8-11,13-14,20H,4,7,12H2,1-2H3. The van der Waals surface area contributed by atoms with Gasteiger partial charge in [0.15, 0.2) is 0 Å². The van der Waals surface area contributed by atoms with Crippen molar-refractivity contribution in [1.29, 1.82) is 0 Å². The second-order valence-corrected chi connectivity index (χ2v) is 6.88. The molecule has 0 aliphatic carbocycles. The van der Waals surface area contributed by atoms with E-state index in [-0.39, 0.29) is 17.7 Å². The van der Waals surface area contributed by atoms with E-state index in [1.807, 2.05) is 35.2 Å². The highest BCUT2D eigenvalue weighted by atomic mass is 16.5. The van der Waals surface area contributed by atoms with Crippen LogP contribution < -0.4 is 4.74 Å². The van der Waals surface area contributed by atoms with Crippen LogP contribution in [0, 0.1) is 6.92 Å². The van der Waals surface area contributed by atoms with E-state index in [9.17, 15) is 4.79 Å². The minimum atomic E-state index is -0.105. The minimum absolute atomic E-state index is 0.0898. The van der Waals surface area contributed by atoms with E-state index < -0.39 is 0 Å². The Morgan fingerprint density at radius 2 is 2.00 bits per heavy atom. The van der Waals surface area contributed by atoms with E-state index >= 15 is 0 Å². The number of hydrogen-bond acceptors (Lipinski definition) is 4. The maximum absolute atomic E-state index is 13.0. The summed E-state index contributed by atoms with van der Waals surface area (Å²) in [6.45, 7) is 2.80. The third-order valence-corrected chi connectivity index (χ3v) is 5.05. The Morgan fingerprint density at radius 3 is 2.74 bits per heavy atom. The number of benzene rings is 2. The van der Waals surface area contributed by atoms with Crippen molar-refractivity contribution in [3.8, 4) is 17.0 Å². The zero-order valence-electron chi connectivity index (χ0n) is 15.5. The van der Waals surface area contributed by atoms with E-state index in [4.69, 9.17) is 9.26 Å². The van der Waals surface area contributed by atoms with Crippen LogP contribution >= 0.6 is 0 Å². The zero-order chi connectivity index (χ0) is 18.8. The Kier molecular flexibility index (Phi) is 4.67. The fourth-order valence-corrected chi connectivity index (χ4v) is 3.65. The number of likely N-dealkylation sites (tertiary alicyclic amines) is 1. The molecule has 1 atom stereocenters. The smallest absolute Gasteiger partial charge is 0.292 e. The topological polar surface area (TPSA) is 55.6 Å². The van der Waals surface area contributed by atoms with Gasteiger partial charge in [0.2, 0.25) is 5.76 Å². The molecule has 3 aromatic rings. The molecule has 2 aromatic carbocycles. The first-order valence-electron chi connectivity index (χ1n) is 9.14. The van der Waals surface area contributed by atoms with Crippen LogP contribution in [0.3, 0.4) is 0 Å². The second-order valence-electron chi connectivity index (χ2n) is 6.88. The molecular formula is C22H22N2O3. The van der Waals surface area contributed by atoms with E-state index in [0.717, 1.165) is 30.7 Å². The van der Waals surface area contributed by atoms with Gasteiger partial charge in [-0.2, -0.15) is 0 Å². The van der Waals surface area contributed by atoms with Crippen LogP contribution in [0.1, 0.15) is 40.6 Å². The van der Waals surface area contributed by atoms with Gasteiger partial charge in [-0.15, -0.1) is 0 Å². The van der Waals surface area contributed by atoms with Gasteiger partial charge in [0.25, 0.3) is 5.91 Å². The van der Waals surface area contributed by atoms with Crippen molar-refractivity contribution in [1.82, 2.24) is 10.1 Å². The van der Waals surface area contributed by atoms with E-state index in [1.54, 1.807) is 13.2 Å². The number of methoxy groups -OCH3 is 1. The molecule has 5 heteroatoms. The van der Waals surface area contributed by atoms with Crippen LogP contribution in [0.2, 0.25) is 0 Å². The maximum Gasteiger partial charge on any atom is 0.292 e. The van der Waals surface area contributed by atoms with Gasteiger partial charge in [0.05, 0.1) is 13.2 Å². The molecule has 27 heavy (non-hydrogen) atoms. The average molecular weight is 362 g/mol. The predicted octanol–water partition coefficient (Wildman–Crippen LogP) is 4.64.